The summed E-state index contributed by atoms with van der Waals surface area (Å²) in [7, 11) is 1.62. The van der Waals surface area contributed by atoms with E-state index in [0.717, 1.165) is 24.0 Å². The molecule has 0 spiro atoms. The Kier molecular flexibility index (Phi) is 10.7. The summed E-state index contributed by atoms with van der Waals surface area (Å²) in [4.78, 5) is 31.7. The van der Waals surface area contributed by atoms with Gasteiger partial charge in [0.1, 0.15) is 5.75 Å². The number of hydrogen-bond donors (Lipinski definition) is 5. The molecule has 10 nitrogen and oxygen atoms in total. The Labute approximate surface area is 288 Å². The first-order valence-electron chi connectivity index (χ1n) is 15.8. The summed E-state index contributed by atoms with van der Waals surface area (Å²) in [5.74, 6) is 0.356. The molecule has 2 amide bonds. The standard InChI is InChI=1S/C35H36Cl2FN7O3/c1-48-28-15-20(5-6-21(28)16-39-18-23-7-9-29(46)43-23)34-32(37)26(12-14-41-34)25-3-2-4-27(31(25)36)45-35-33(38)22(11-13-42-35)17-40-19-24-8-10-30(47)44-24/h2-6,11-15,23-24,39-40H,7-10,16-19H2,1H3,(H,42,45)(H,43,46)(H,44,47). The summed E-state index contributed by atoms with van der Waals surface area (Å²) in [6, 6.07) is 14.8. The molecule has 4 heterocycles. The molecule has 2 atom stereocenters. The smallest absolute Gasteiger partial charge is 0.220 e. The van der Waals surface area contributed by atoms with E-state index in [1.165, 1.54) is 6.20 Å². The lowest BCUT2D eigenvalue weighted by molar-refractivity contribution is -0.120. The number of nitrogens with zero attached hydrogens (tertiary/aromatic N) is 2. The Bertz CT molecular complexity index is 1830. The Hall–Kier alpha value is -4.29. The van der Waals surface area contributed by atoms with Crippen molar-refractivity contribution in [3.05, 3.63) is 87.9 Å². The van der Waals surface area contributed by atoms with Crippen LogP contribution in [-0.4, -0.2) is 54.1 Å². The predicted molar refractivity (Wildman–Crippen MR) is 185 cm³/mol. The zero-order chi connectivity index (χ0) is 33.6. The molecule has 2 fully saturated rings. The highest BCUT2D eigenvalue weighted by Gasteiger charge is 2.22. The molecule has 2 aromatic carbocycles. The Morgan fingerprint density at radius 2 is 1.52 bits per heavy atom. The van der Waals surface area contributed by atoms with E-state index in [4.69, 9.17) is 27.9 Å². The number of hydrogen-bond acceptors (Lipinski definition) is 8. The molecule has 0 radical (unpaired) electrons. The Morgan fingerprint density at radius 3 is 2.19 bits per heavy atom. The van der Waals surface area contributed by atoms with E-state index in [-0.39, 0.29) is 36.3 Å². The molecule has 6 rings (SSSR count). The molecular weight excluding hydrogens is 656 g/mol. The second-order valence-corrected chi connectivity index (χ2v) is 12.6. The van der Waals surface area contributed by atoms with Crippen LogP contribution in [0.25, 0.3) is 22.4 Å². The molecule has 0 bridgehead atoms. The minimum absolute atomic E-state index is 0.0405. The molecule has 2 aromatic heterocycles. The molecular formula is C35H36Cl2FN7O3. The van der Waals surface area contributed by atoms with Crippen LogP contribution in [0.3, 0.4) is 0 Å². The van der Waals surface area contributed by atoms with Crippen molar-refractivity contribution in [1.29, 1.82) is 0 Å². The van der Waals surface area contributed by atoms with E-state index >= 15 is 4.39 Å². The molecule has 2 aliphatic rings. The molecule has 2 saturated heterocycles. The zero-order valence-electron chi connectivity index (χ0n) is 26.3. The van der Waals surface area contributed by atoms with E-state index in [0.29, 0.717) is 76.3 Å². The minimum Gasteiger partial charge on any atom is -0.496 e. The van der Waals surface area contributed by atoms with Gasteiger partial charge >= 0.3 is 0 Å². The summed E-state index contributed by atoms with van der Waals surface area (Å²) >= 11 is 13.9. The minimum atomic E-state index is -0.496. The number of methoxy groups -OCH3 is 1. The maximum atomic E-state index is 15.5. The first kappa shape index (κ1) is 33.6. The van der Waals surface area contributed by atoms with Gasteiger partial charge in [0.2, 0.25) is 11.8 Å². The fourth-order valence-electron chi connectivity index (χ4n) is 5.99. The van der Waals surface area contributed by atoms with Crippen molar-refractivity contribution in [2.75, 3.05) is 25.5 Å². The number of pyridine rings is 2. The molecule has 4 aromatic rings. The second kappa shape index (κ2) is 15.3. The van der Waals surface area contributed by atoms with Crippen LogP contribution in [0.2, 0.25) is 10.0 Å². The SMILES string of the molecule is COc1cc(-c2nccc(-c3cccc(Nc4nccc(CNCC5CCC(=O)N5)c4F)c3Cl)c2Cl)ccc1CNCC1CCC(=O)N1. The molecule has 5 N–H and O–H groups in total. The maximum Gasteiger partial charge on any atom is 0.220 e. The largest absolute Gasteiger partial charge is 0.496 e. The number of rotatable bonds is 13. The fraction of sp³-hybridized carbons (Fsp3) is 0.314. The summed E-state index contributed by atoms with van der Waals surface area (Å²) in [5, 5.41) is 16.3. The van der Waals surface area contributed by atoms with Gasteiger partial charge in [-0.05, 0) is 37.1 Å². The number of aromatic nitrogens is 2. The van der Waals surface area contributed by atoms with E-state index in [2.05, 4.69) is 36.6 Å². The normalized spacial score (nSPS) is 17.3. The third-order valence-corrected chi connectivity index (χ3v) is 9.33. The second-order valence-electron chi connectivity index (χ2n) is 11.8. The molecule has 2 aliphatic heterocycles. The van der Waals surface area contributed by atoms with Gasteiger partial charge in [0.25, 0.3) is 0 Å². The van der Waals surface area contributed by atoms with Gasteiger partial charge in [-0.15, -0.1) is 0 Å². The maximum absolute atomic E-state index is 15.5. The van der Waals surface area contributed by atoms with Crippen molar-refractivity contribution in [3.63, 3.8) is 0 Å². The molecule has 250 valence electrons. The van der Waals surface area contributed by atoms with Crippen molar-refractivity contribution in [2.24, 2.45) is 0 Å². The molecule has 0 saturated carbocycles. The van der Waals surface area contributed by atoms with E-state index in [1.807, 2.05) is 24.3 Å². The third-order valence-electron chi connectivity index (χ3n) is 8.54. The lowest BCUT2D eigenvalue weighted by Gasteiger charge is -2.16. The highest BCUT2D eigenvalue weighted by molar-refractivity contribution is 6.39. The first-order valence-corrected chi connectivity index (χ1v) is 16.6. The first-order chi connectivity index (χ1) is 23.3. The van der Waals surface area contributed by atoms with E-state index < -0.39 is 5.82 Å². The number of carbonyl (C=O) groups is 2. The lowest BCUT2D eigenvalue weighted by Crippen LogP contribution is -2.35. The van der Waals surface area contributed by atoms with Crippen molar-refractivity contribution in [3.8, 4) is 28.1 Å². The topological polar surface area (TPSA) is 129 Å². The van der Waals surface area contributed by atoms with E-state index in [9.17, 15) is 9.59 Å². The Balaban J connectivity index is 1.17. The highest BCUT2D eigenvalue weighted by Crippen LogP contribution is 2.41. The molecule has 48 heavy (non-hydrogen) atoms. The number of halogens is 3. The third kappa shape index (κ3) is 7.71. The summed E-state index contributed by atoms with van der Waals surface area (Å²) in [5.41, 5.74) is 4.48. The number of benzene rings is 2. The summed E-state index contributed by atoms with van der Waals surface area (Å²) in [6.07, 6.45) is 5.87. The number of amides is 2. The predicted octanol–water partition coefficient (Wildman–Crippen LogP) is 5.75. The molecule has 0 aliphatic carbocycles. The van der Waals surface area contributed by atoms with Gasteiger partial charge < -0.3 is 31.3 Å². The zero-order valence-corrected chi connectivity index (χ0v) is 27.8. The van der Waals surface area contributed by atoms with Gasteiger partial charge in [-0.25, -0.2) is 9.37 Å². The van der Waals surface area contributed by atoms with Crippen LogP contribution >= 0.6 is 23.2 Å². The van der Waals surface area contributed by atoms with E-state index in [1.54, 1.807) is 37.6 Å². The van der Waals surface area contributed by atoms with Crippen LogP contribution in [0.15, 0.2) is 60.9 Å². The Morgan fingerprint density at radius 1 is 0.854 bits per heavy atom. The van der Waals surface area contributed by atoms with Gasteiger partial charge in [0, 0.05) is 91.3 Å². The van der Waals surface area contributed by atoms with Gasteiger partial charge in [0.05, 0.1) is 28.5 Å². The van der Waals surface area contributed by atoms with Crippen molar-refractivity contribution in [1.82, 2.24) is 31.2 Å². The lowest BCUT2D eigenvalue weighted by atomic mass is 10.0. The molecule has 2 unspecified atom stereocenters. The quantitative estimate of drug-likeness (QED) is 0.120. The summed E-state index contributed by atoms with van der Waals surface area (Å²) in [6.45, 7) is 2.08. The van der Waals surface area contributed by atoms with Crippen LogP contribution in [-0.2, 0) is 22.7 Å². The number of carbonyl (C=O) groups excluding carboxylic acids is 2. The van der Waals surface area contributed by atoms with Gasteiger partial charge in [0.15, 0.2) is 11.6 Å². The number of ether oxygens (including phenoxy) is 1. The monoisotopic (exact) mass is 691 g/mol. The van der Waals surface area contributed by atoms with Crippen LogP contribution < -0.4 is 31.3 Å². The van der Waals surface area contributed by atoms with Crippen molar-refractivity contribution in [2.45, 2.75) is 50.9 Å². The van der Waals surface area contributed by atoms with Gasteiger partial charge in [-0.1, -0.05) is 47.5 Å². The van der Waals surface area contributed by atoms with Crippen LogP contribution in [0.5, 0.6) is 5.75 Å². The summed E-state index contributed by atoms with van der Waals surface area (Å²) < 4.78 is 21.2. The average Bonchev–Trinajstić information content (AvgIpc) is 3.70. The highest BCUT2D eigenvalue weighted by atomic mass is 35.5. The fourth-order valence-corrected chi connectivity index (χ4v) is 6.58. The van der Waals surface area contributed by atoms with Crippen molar-refractivity contribution < 1.29 is 18.7 Å². The average molecular weight is 693 g/mol. The van der Waals surface area contributed by atoms with Crippen LogP contribution in [0.4, 0.5) is 15.9 Å². The van der Waals surface area contributed by atoms with Gasteiger partial charge in [-0.2, -0.15) is 0 Å². The van der Waals surface area contributed by atoms with Crippen LogP contribution in [0.1, 0.15) is 36.8 Å². The number of nitrogens with one attached hydrogen (secondary N) is 5. The molecule has 13 heteroatoms. The van der Waals surface area contributed by atoms with Gasteiger partial charge in [-0.3, -0.25) is 14.6 Å². The number of anilines is 2. The van der Waals surface area contributed by atoms with Crippen molar-refractivity contribution >= 4 is 46.5 Å². The van der Waals surface area contributed by atoms with Crippen LogP contribution in [0, 0.1) is 5.82 Å².